The molecule has 1 aromatic rings. The monoisotopic (exact) mass is 362 g/mol. The summed E-state index contributed by atoms with van der Waals surface area (Å²) < 4.78 is 4.99. The molecule has 142 valence electrons. The predicted molar refractivity (Wildman–Crippen MR) is 99.9 cm³/mol. The van der Waals surface area contributed by atoms with Gasteiger partial charge in [0, 0.05) is 13.0 Å². The molecule has 1 atom stereocenters. The molecule has 1 rings (SSSR count). The Labute approximate surface area is 154 Å². The summed E-state index contributed by atoms with van der Waals surface area (Å²) in [5.74, 6) is -0.792. The summed E-state index contributed by atoms with van der Waals surface area (Å²) in [7, 11) is -2.02. The number of carbonyl (C=O) groups excluding carboxylic acids is 2. The molecule has 0 aromatic heterocycles. The average Bonchev–Trinajstić information content (AvgIpc) is 2.55. The van der Waals surface area contributed by atoms with E-state index >= 15 is 0 Å². The molecule has 7 nitrogen and oxygen atoms in total. The second-order valence-corrected chi connectivity index (χ2v) is 6.12. The summed E-state index contributed by atoms with van der Waals surface area (Å²) in [6.45, 7) is 9.50. The second-order valence-electron chi connectivity index (χ2n) is 6.12. The third kappa shape index (κ3) is 7.39. The molecule has 0 radical (unpaired) electrons. The maximum Gasteiger partial charge on any atom is 0.635 e. The van der Waals surface area contributed by atoms with Gasteiger partial charge in [-0.25, -0.2) is 0 Å². The number of nitrogens with one attached hydrogen (secondary N) is 1. The Morgan fingerprint density at radius 1 is 1.38 bits per heavy atom. The molecule has 2 amide bonds. The maximum absolute atomic E-state index is 12.3. The van der Waals surface area contributed by atoms with Crippen LogP contribution >= 0.6 is 0 Å². The largest absolute Gasteiger partial charge is 0.635 e. The van der Waals surface area contributed by atoms with Crippen LogP contribution in [-0.2, 0) is 20.7 Å². The molecule has 8 heteroatoms. The van der Waals surface area contributed by atoms with Crippen LogP contribution in [0.2, 0.25) is 0 Å². The fraction of sp³-hybridized carbons (Fsp3) is 0.444. The summed E-state index contributed by atoms with van der Waals surface area (Å²) in [5.41, 5.74) is 3.02. The molecule has 0 spiro atoms. The number of benzene rings is 1. The van der Waals surface area contributed by atoms with E-state index in [1.165, 1.54) is 4.90 Å². The van der Waals surface area contributed by atoms with Crippen LogP contribution in [0.4, 0.5) is 0 Å². The van der Waals surface area contributed by atoms with Crippen LogP contribution in [0.1, 0.15) is 30.0 Å². The topological polar surface area (TPSA) is 99.1 Å². The fourth-order valence-corrected chi connectivity index (χ4v) is 2.62. The molecule has 0 fully saturated rings. The van der Waals surface area contributed by atoms with Gasteiger partial charge in [-0.3, -0.25) is 9.59 Å². The number of hydrogen-bond donors (Lipinski definition) is 3. The lowest BCUT2D eigenvalue weighted by Crippen LogP contribution is -2.47. The minimum atomic E-state index is -2.02. The molecule has 0 bridgehead atoms. The van der Waals surface area contributed by atoms with Gasteiger partial charge in [-0.1, -0.05) is 37.3 Å². The lowest BCUT2D eigenvalue weighted by molar-refractivity contribution is -0.133. The van der Waals surface area contributed by atoms with Crippen molar-refractivity contribution in [2.45, 2.75) is 39.8 Å². The van der Waals surface area contributed by atoms with Crippen molar-refractivity contribution in [2.24, 2.45) is 0 Å². The van der Waals surface area contributed by atoms with E-state index in [9.17, 15) is 9.59 Å². The van der Waals surface area contributed by atoms with Crippen molar-refractivity contribution in [3.8, 4) is 0 Å². The van der Waals surface area contributed by atoms with E-state index in [0.29, 0.717) is 13.0 Å². The summed E-state index contributed by atoms with van der Waals surface area (Å²) in [4.78, 5) is 25.4. The number of amides is 2. The van der Waals surface area contributed by atoms with Crippen LogP contribution in [-0.4, -0.2) is 53.4 Å². The van der Waals surface area contributed by atoms with Gasteiger partial charge in [0.25, 0.3) is 0 Å². The van der Waals surface area contributed by atoms with E-state index in [-0.39, 0.29) is 18.9 Å². The third-order valence-electron chi connectivity index (χ3n) is 3.83. The minimum Gasteiger partial charge on any atom is -0.402 e. The van der Waals surface area contributed by atoms with Crippen molar-refractivity contribution >= 4 is 19.1 Å². The van der Waals surface area contributed by atoms with Gasteiger partial charge in [-0.05, 0) is 37.5 Å². The fourth-order valence-electron chi connectivity index (χ4n) is 2.62. The van der Waals surface area contributed by atoms with Gasteiger partial charge in [0.2, 0.25) is 11.8 Å². The first kappa shape index (κ1) is 21.9. The molecule has 1 aromatic carbocycles. The van der Waals surface area contributed by atoms with Crippen LogP contribution < -0.4 is 5.32 Å². The zero-order valence-electron chi connectivity index (χ0n) is 15.6. The lowest BCUT2D eigenvalue weighted by atomic mass is 10.0. The molecule has 0 saturated heterocycles. The SMILES string of the molecule is C=CC(=O)N(CCC)CC(=O)N[C@@H](Cc1ccc(C)cc1C)OB(O)O. The number of rotatable bonds is 10. The smallest absolute Gasteiger partial charge is 0.402 e. The van der Waals surface area contributed by atoms with Crippen molar-refractivity contribution in [3.63, 3.8) is 0 Å². The lowest BCUT2D eigenvalue weighted by Gasteiger charge is -2.24. The van der Waals surface area contributed by atoms with Gasteiger partial charge in [0.05, 0.1) is 6.54 Å². The van der Waals surface area contributed by atoms with E-state index < -0.39 is 19.5 Å². The molecule has 26 heavy (non-hydrogen) atoms. The van der Waals surface area contributed by atoms with Gasteiger partial charge in [0.15, 0.2) is 0 Å². The zero-order chi connectivity index (χ0) is 19.7. The van der Waals surface area contributed by atoms with Crippen LogP contribution in [0.3, 0.4) is 0 Å². The Kier molecular flexibility index (Phi) is 9.05. The van der Waals surface area contributed by atoms with Gasteiger partial charge in [-0.15, -0.1) is 0 Å². The van der Waals surface area contributed by atoms with Crippen LogP contribution in [0.25, 0.3) is 0 Å². The van der Waals surface area contributed by atoms with Crippen LogP contribution in [0.5, 0.6) is 0 Å². The summed E-state index contributed by atoms with van der Waals surface area (Å²) in [6, 6.07) is 5.83. The molecule has 3 N–H and O–H groups in total. The van der Waals surface area contributed by atoms with Crippen molar-refractivity contribution in [2.75, 3.05) is 13.1 Å². The van der Waals surface area contributed by atoms with Crippen molar-refractivity contribution in [3.05, 3.63) is 47.5 Å². The van der Waals surface area contributed by atoms with E-state index in [2.05, 4.69) is 11.9 Å². The first-order chi connectivity index (χ1) is 12.3. The Balaban J connectivity index is 2.80. The van der Waals surface area contributed by atoms with Gasteiger partial charge < -0.3 is 24.9 Å². The summed E-state index contributed by atoms with van der Waals surface area (Å²) in [6.07, 6.45) is 1.18. The van der Waals surface area contributed by atoms with Crippen molar-refractivity contribution in [1.82, 2.24) is 10.2 Å². The van der Waals surface area contributed by atoms with Gasteiger partial charge in [-0.2, -0.15) is 0 Å². The number of carbonyl (C=O) groups is 2. The predicted octanol–water partition coefficient (Wildman–Crippen LogP) is 0.699. The van der Waals surface area contributed by atoms with E-state index in [4.69, 9.17) is 14.7 Å². The Morgan fingerprint density at radius 3 is 2.62 bits per heavy atom. The van der Waals surface area contributed by atoms with Crippen molar-refractivity contribution < 1.29 is 24.3 Å². The standard InChI is InChI=1S/C18H27BN2O5/c1-5-9-21(18(23)6-2)12-16(22)20-17(26-19(24)25)11-15-8-7-13(3)10-14(15)4/h6-8,10,17,24-25H,2,5,9,11-12H2,1,3-4H3,(H,20,22)/t17-/m1/s1. The maximum atomic E-state index is 12.3. The van der Waals surface area contributed by atoms with Crippen LogP contribution in [0, 0.1) is 13.8 Å². The first-order valence-corrected chi connectivity index (χ1v) is 8.55. The number of hydrogen-bond acceptors (Lipinski definition) is 5. The highest BCUT2D eigenvalue weighted by molar-refractivity contribution is 6.32. The Bertz CT molecular complexity index is 636. The highest BCUT2D eigenvalue weighted by atomic mass is 16.6. The summed E-state index contributed by atoms with van der Waals surface area (Å²) >= 11 is 0. The molecule has 0 heterocycles. The highest BCUT2D eigenvalue weighted by Crippen LogP contribution is 2.13. The number of nitrogens with zero attached hydrogens (tertiary/aromatic N) is 1. The Morgan fingerprint density at radius 2 is 2.08 bits per heavy atom. The molecule has 0 saturated carbocycles. The average molecular weight is 362 g/mol. The second kappa shape index (κ2) is 10.8. The first-order valence-electron chi connectivity index (χ1n) is 8.55. The summed E-state index contributed by atoms with van der Waals surface area (Å²) in [5, 5.41) is 20.8. The molecular formula is C18H27BN2O5. The molecular weight excluding hydrogens is 335 g/mol. The van der Waals surface area contributed by atoms with E-state index in [0.717, 1.165) is 22.8 Å². The molecule has 0 aliphatic rings. The minimum absolute atomic E-state index is 0.160. The normalized spacial score (nSPS) is 11.6. The van der Waals surface area contributed by atoms with Gasteiger partial charge >= 0.3 is 7.32 Å². The molecule has 0 aliphatic carbocycles. The third-order valence-corrected chi connectivity index (χ3v) is 3.83. The quantitative estimate of drug-likeness (QED) is 0.323. The van der Waals surface area contributed by atoms with Gasteiger partial charge in [0.1, 0.15) is 6.23 Å². The van der Waals surface area contributed by atoms with E-state index in [1.54, 1.807) is 0 Å². The number of aryl methyl sites for hydroxylation is 2. The highest BCUT2D eigenvalue weighted by Gasteiger charge is 2.22. The molecule has 0 aliphatic heterocycles. The zero-order valence-corrected chi connectivity index (χ0v) is 15.6. The van der Waals surface area contributed by atoms with Crippen LogP contribution in [0.15, 0.2) is 30.9 Å². The molecule has 0 unspecified atom stereocenters. The van der Waals surface area contributed by atoms with Crippen molar-refractivity contribution in [1.29, 1.82) is 0 Å². The van der Waals surface area contributed by atoms with E-state index in [1.807, 2.05) is 39.0 Å². The Hall–Kier alpha value is -2.16.